The highest BCUT2D eigenvalue weighted by molar-refractivity contribution is 7.98. The average molecular weight is 320 g/mol. The smallest absolute Gasteiger partial charge is 0.244 e. The van der Waals surface area contributed by atoms with Crippen LogP contribution in [0.4, 0.5) is 0 Å². The van der Waals surface area contributed by atoms with Crippen LogP contribution in [0.3, 0.4) is 0 Å². The van der Waals surface area contributed by atoms with E-state index in [1.807, 2.05) is 27.0 Å². The summed E-state index contributed by atoms with van der Waals surface area (Å²) in [6.07, 6.45) is 1.95. The molecule has 1 rings (SSSR count). The van der Waals surface area contributed by atoms with Crippen LogP contribution in [0.25, 0.3) is 0 Å². The summed E-state index contributed by atoms with van der Waals surface area (Å²) in [5.41, 5.74) is 0. The Morgan fingerprint density at radius 3 is 2.55 bits per heavy atom. The molecule has 0 amide bonds. The quantitative estimate of drug-likeness (QED) is 0.767. The summed E-state index contributed by atoms with van der Waals surface area (Å²) in [7, 11) is -3.51. The minimum Gasteiger partial charge on any atom is -0.464 e. The van der Waals surface area contributed by atoms with Crippen LogP contribution in [-0.2, 0) is 16.6 Å². The van der Waals surface area contributed by atoms with Crippen LogP contribution >= 0.6 is 11.8 Å². The zero-order valence-corrected chi connectivity index (χ0v) is 14.3. The molecule has 116 valence electrons. The van der Waals surface area contributed by atoms with Crippen LogP contribution in [0.1, 0.15) is 32.3 Å². The number of thioether (sulfide) groups is 1. The number of sulfonamides is 1. The molecule has 0 aliphatic carbocycles. The molecular weight excluding hydrogens is 296 g/mol. The Labute approximate surface area is 125 Å². The van der Waals surface area contributed by atoms with E-state index in [1.54, 1.807) is 24.8 Å². The fourth-order valence-electron chi connectivity index (χ4n) is 1.80. The van der Waals surface area contributed by atoms with Crippen molar-refractivity contribution in [3.8, 4) is 0 Å². The summed E-state index contributed by atoms with van der Waals surface area (Å²) in [4.78, 5) is 0.228. The van der Waals surface area contributed by atoms with Crippen LogP contribution in [0.15, 0.2) is 15.4 Å². The highest BCUT2D eigenvalue weighted by Gasteiger charge is 2.23. The molecule has 7 heteroatoms. The van der Waals surface area contributed by atoms with Gasteiger partial charge in [0.05, 0.1) is 6.54 Å². The van der Waals surface area contributed by atoms with Crippen LogP contribution in [0, 0.1) is 6.92 Å². The molecule has 0 bridgehead atoms. The Hall–Kier alpha value is -0.500. The molecule has 0 fully saturated rings. The topological polar surface area (TPSA) is 71.3 Å². The second-order valence-electron chi connectivity index (χ2n) is 5.15. The van der Waals surface area contributed by atoms with Crippen molar-refractivity contribution in [2.24, 2.45) is 0 Å². The Bertz CT molecular complexity index is 524. The normalized spacial score (nSPS) is 13.9. The molecule has 1 atom stereocenters. The van der Waals surface area contributed by atoms with Gasteiger partial charge in [0.15, 0.2) is 0 Å². The zero-order valence-electron chi connectivity index (χ0n) is 12.7. The minimum atomic E-state index is -3.51. The number of aryl methyl sites for hydroxylation is 1. The first-order chi connectivity index (χ1) is 9.26. The van der Waals surface area contributed by atoms with E-state index in [2.05, 4.69) is 10.0 Å². The van der Waals surface area contributed by atoms with Crippen LogP contribution in [0.5, 0.6) is 0 Å². The van der Waals surface area contributed by atoms with E-state index in [0.29, 0.717) is 24.1 Å². The van der Waals surface area contributed by atoms with Crippen molar-refractivity contribution in [3.05, 3.63) is 17.6 Å². The Kier molecular flexibility index (Phi) is 6.57. The van der Waals surface area contributed by atoms with Crippen molar-refractivity contribution >= 4 is 21.8 Å². The number of hydrogen-bond donors (Lipinski definition) is 2. The van der Waals surface area contributed by atoms with Gasteiger partial charge < -0.3 is 9.73 Å². The first kappa shape index (κ1) is 17.6. The van der Waals surface area contributed by atoms with E-state index in [0.717, 1.165) is 5.75 Å². The molecule has 1 aromatic rings. The molecule has 1 unspecified atom stereocenters. The van der Waals surface area contributed by atoms with Crippen LogP contribution in [-0.4, -0.2) is 32.5 Å². The molecule has 0 aromatic carbocycles. The number of nitrogens with one attached hydrogen (secondary N) is 2. The summed E-state index contributed by atoms with van der Waals surface area (Å²) >= 11 is 1.61. The highest BCUT2D eigenvalue weighted by atomic mass is 32.2. The molecule has 0 aliphatic heterocycles. The fraction of sp³-hybridized carbons (Fsp3) is 0.692. The highest BCUT2D eigenvalue weighted by Crippen LogP contribution is 2.20. The zero-order chi connectivity index (χ0) is 15.3. The van der Waals surface area contributed by atoms with Gasteiger partial charge in [-0.15, -0.1) is 0 Å². The third-order valence-electron chi connectivity index (χ3n) is 2.67. The van der Waals surface area contributed by atoms with Gasteiger partial charge in [-0.3, -0.25) is 0 Å². The lowest BCUT2D eigenvalue weighted by Crippen LogP contribution is -2.34. The van der Waals surface area contributed by atoms with Crippen molar-refractivity contribution in [3.63, 3.8) is 0 Å². The molecule has 5 nitrogen and oxygen atoms in total. The predicted molar refractivity (Wildman–Crippen MR) is 83.6 cm³/mol. The standard InChI is InChI=1S/C13H24N2O3S2/c1-9(2)14-7-12-6-13(11(4)18-12)20(16,17)15-10(3)8-19-5/h6,9-10,14-15H,7-8H2,1-5H3. The van der Waals surface area contributed by atoms with E-state index in [1.165, 1.54) is 0 Å². The number of furan rings is 1. The Morgan fingerprint density at radius 1 is 1.35 bits per heavy atom. The van der Waals surface area contributed by atoms with Gasteiger partial charge in [0.2, 0.25) is 10.0 Å². The van der Waals surface area contributed by atoms with Crippen molar-refractivity contribution in [1.82, 2.24) is 10.0 Å². The Balaban J connectivity index is 2.84. The average Bonchev–Trinajstić information content (AvgIpc) is 2.68. The van der Waals surface area contributed by atoms with E-state index in [-0.39, 0.29) is 10.9 Å². The minimum absolute atomic E-state index is 0.110. The van der Waals surface area contributed by atoms with E-state index in [9.17, 15) is 8.42 Å². The van der Waals surface area contributed by atoms with Crippen molar-refractivity contribution < 1.29 is 12.8 Å². The SMILES string of the molecule is CSCC(C)NS(=O)(=O)c1cc(CNC(C)C)oc1C. The molecule has 20 heavy (non-hydrogen) atoms. The summed E-state index contributed by atoms with van der Waals surface area (Å²) in [6, 6.07) is 1.81. The van der Waals surface area contributed by atoms with E-state index >= 15 is 0 Å². The van der Waals surface area contributed by atoms with Crippen molar-refractivity contribution in [1.29, 1.82) is 0 Å². The van der Waals surface area contributed by atoms with Gasteiger partial charge in [-0.1, -0.05) is 13.8 Å². The second kappa shape index (κ2) is 7.49. The van der Waals surface area contributed by atoms with Crippen LogP contribution in [0.2, 0.25) is 0 Å². The maximum Gasteiger partial charge on any atom is 0.244 e. The first-order valence-corrected chi connectivity index (χ1v) is 9.48. The largest absolute Gasteiger partial charge is 0.464 e. The molecule has 0 radical (unpaired) electrons. The third-order valence-corrected chi connectivity index (χ3v) is 5.20. The van der Waals surface area contributed by atoms with Crippen molar-refractivity contribution in [2.45, 2.75) is 51.2 Å². The maximum absolute atomic E-state index is 12.3. The maximum atomic E-state index is 12.3. The molecule has 2 N–H and O–H groups in total. The summed E-state index contributed by atoms with van der Waals surface area (Å²) in [5, 5.41) is 3.20. The van der Waals surface area contributed by atoms with E-state index in [4.69, 9.17) is 4.42 Å². The van der Waals surface area contributed by atoms with Crippen molar-refractivity contribution in [2.75, 3.05) is 12.0 Å². The number of hydrogen-bond acceptors (Lipinski definition) is 5. The lowest BCUT2D eigenvalue weighted by molar-refractivity contribution is 0.444. The van der Waals surface area contributed by atoms with Gasteiger partial charge in [0, 0.05) is 23.9 Å². The molecule has 0 aliphatic rings. The van der Waals surface area contributed by atoms with Gasteiger partial charge in [-0.25, -0.2) is 13.1 Å². The lowest BCUT2D eigenvalue weighted by atomic mass is 10.3. The van der Waals surface area contributed by atoms with Gasteiger partial charge >= 0.3 is 0 Å². The van der Waals surface area contributed by atoms with Gasteiger partial charge in [0.1, 0.15) is 16.4 Å². The monoisotopic (exact) mass is 320 g/mol. The first-order valence-electron chi connectivity index (χ1n) is 6.60. The van der Waals surface area contributed by atoms with E-state index < -0.39 is 10.0 Å². The fourth-order valence-corrected chi connectivity index (χ4v) is 3.93. The Morgan fingerprint density at radius 2 is 2.00 bits per heavy atom. The summed E-state index contributed by atoms with van der Waals surface area (Å²) in [6.45, 7) is 8.10. The van der Waals surface area contributed by atoms with Crippen LogP contribution < -0.4 is 10.0 Å². The molecule has 1 aromatic heterocycles. The molecule has 0 spiro atoms. The second-order valence-corrected chi connectivity index (χ2v) is 7.74. The molecule has 1 heterocycles. The lowest BCUT2D eigenvalue weighted by Gasteiger charge is -2.12. The van der Waals surface area contributed by atoms with Gasteiger partial charge in [-0.05, 0) is 20.1 Å². The van der Waals surface area contributed by atoms with Gasteiger partial charge in [0.25, 0.3) is 0 Å². The molecule has 0 saturated heterocycles. The molecular formula is C13H24N2O3S2. The van der Waals surface area contributed by atoms with Gasteiger partial charge in [-0.2, -0.15) is 11.8 Å². The molecule has 0 saturated carbocycles. The third kappa shape index (κ3) is 5.12. The number of rotatable bonds is 8. The predicted octanol–water partition coefficient (Wildman–Crippen LogP) is 2.12. The summed E-state index contributed by atoms with van der Waals surface area (Å²) < 4.78 is 32.7. The summed E-state index contributed by atoms with van der Waals surface area (Å²) in [5.74, 6) is 1.79.